The second-order valence-electron chi connectivity index (χ2n) is 3.45. The van der Waals surface area contributed by atoms with Gasteiger partial charge in [-0.25, -0.2) is 4.98 Å². The molecule has 2 N–H and O–H groups in total. The molecule has 2 rings (SSSR count). The van der Waals surface area contributed by atoms with E-state index in [4.69, 9.17) is 15.2 Å². The van der Waals surface area contributed by atoms with Gasteiger partial charge < -0.3 is 15.2 Å². The summed E-state index contributed by atoms with van der Waals surface area (Å²) < 4.78 is 10.7. The van der Waals surface area contributed by atoms with Crippen LogP contribution in [0.5, 0.6) is 17.4 Å². The Morgan fingerprint density at radius 2 is 1.88 bits per heavy atom. The third-order valence-corrected chi connectivity index (χ3v) is 2.25. The predicted molar refractivity (Wildman–Crippen MR) is 65.2 cm³/mol. The lowest BCUT2D eigenvalue weighted by atomic mass is 10.3. The number of rotatable bonds is 4. The smallest absolute Gasteiger partial charge is 0.219 e. The van der Waals surface area contributed by atoms with Crippen molar-refractivity contribution in [2.45, 2.75) is 6.54 Å². The lowest BCUT2D eigenvalue weighted by Crippen LogP contribution is -2.00. The van der Waals surface area contributed by atoms with Crippen molar-refractivity contribution in [1.29, 1.82) is 0 Å². The van der Waals surface area contributed by atoms with E-state index in [1.165, 1.54) is 0 Å². The molecule has 0 saturated carbocycles. The first-order chi connectivity index (χ1) is 8.31. The van der Waals surface area contributed by atoms with E-state index in [1.54, 1.807) is 19.2 Å². The highest BCUT2D eigenvalue weighted by molar-refractivity contribution is 5.35. The largest absolute Gasteiger partial charge is 0.497 e. The van der Waals surface area contributed by atoms with Crippen LogP contribution in [0.15, 0.2) is 42.5 Å². The number of hydrogen-bond acceptors (Lipinski definition) is 4. The van der Waals surface area contributed by atoms with Crippen LogP contribution in [-0.4, -0.2) is 12.1 Å². The highest BCUT2D eigenvalue weighted by Gasteiger charge is 2.01. The summed E-state index contributed by atoms with van der Waals surface area (Å²) >= 11 is 0. The van der Waals surface area contributed by atoms with Crippen LogP contribution in [0.2, 0.25) is 0 Å². The molecule has 4 nitrogen and oxygen atoms in total. The highest BCUT2D eigenvalue weighted by atomic mass is 16.5. The molecule has 88 valence electrons. The Balaban J connectivity index is 2.18. The molecule has 0 atom stereocenters. The Kier molecular flexibility index (Phi) is 3.57. The third-order valence-electron chi connectivity index (χ3n) is 2.25. The fourth-order valence-corrected chi connectivity index (χ4v) is 1.41. The lowest BCUT2D eigenvalue weighted by Gasteiger charge is -2.07. The van der Waals surface area contributed by atoms with E-state index < -0.39 is 0 Å². The summed E-state index contributed by atoms with van der Waals surface area (Å²) in [5, 5.41) is 0. The van der Waals surface area contributed by atoms with Gasteiger partial charge in [-0.15, -0.1) is 0 Å². The molecule has 17 heavy (non-hydrogen) atoms. The number of nitrogens with two attached hydrogens (primary N) is 1. The predicted octanol–water partition coefficient (Wildman–Crippen LogP) is 2.34. The van der Waals surface area contributed by atoms with Crippen LogP contribution in [0.1, 0.15) is 5.69 Å². The minimum absolute atomic E-state index is 0.398. The van der Waals surface area contributed by atoms with Gasteiger partial charge in [0.2, 0.25) is 5.88 Å². The van der Waals surface area contributed by atoms with E-state index in [-0.39, 0.29) is 0 Å². The number of ether oxygens (including phenoxy) is 2. The zero-order chi connectivity index (χ0) is 12.1. The summed E-state index contributed by atoms with van der Waals surface area (Å²) in [6.07, 6.45) is 0. The standard InChI is InChI=1S/C13H14N2O2/c1-16-11-5-3-6-12(8-11)17-13-7-2-4-10(9-14)15-13/h2-8H,9,14H2,1H3. The molecule has 0 unspecified atom stereocenters. The van der Waals surface area contributed by atoms with Crippen LogP contribution in [0.3, 0.4) is 0 Å². The minimum Gasteiger partial charge on any atom is -0.497 e. The molecular weight excluding hydrogens is 216 g/mol. The van der Waals surface area contributed by atoms with Gasteiger partial charge in [0.05, 0.1) is 12.8 Å². The second-order valence-corrected chi connectivity index (χ2v) is 3.45. The van der Waals surface area contributed by atoms with Crippen molar-refractivity contribution >= 4 is 0 Å². The molecule has 0 aliphatic heterocycles. The quantitative estimate of drug-likeness (QED) is 0.875. The summed E-state index contributed by atoms with van der Waals surface area (Å²) in [7, 11) is 1.62. The maximum atomic E-state index is 5.62. The van der Waals surface area contributed by atoms with Crippen LogP contribution >= 0.6 is 0 Å². The number of aromatic nitrogens is 1. The normalized spacial score (nSPS) is 10.0. The molecular formula is C13H14N2O2. The summed E-state index contributed by atoms with van der Waals surface area (Å²) in [5.74, 6) is 1.96. The maximum Gasteiger partial charge on any atom is 0.219 e. The zero-order valence-electron chi connectivity index (χ0n) is 9.59. The van der Waals surface area contributed by atoms with Crippen LogP contribution < -0.4 is 15.2 Å². The lowest BCUT2D eigenvalue weighted by molar-refractivity contribution is 0.407. The first kappa shape index (κ1) is 11.4. The molecule has 4 heteroatoms. The van der Waals surface area contributed by atoms with E-state index in [1.807, 2.05) is 30.3 Å². The Hall–Kier alpha value is -2.07. The van der Waals surface area contributed by atoms with E-state index >= 15 is 0 Å². The van der Waals surface area contributed by atoms with Gasteiger partial charge in [0, 0.05) is 18.7 Å². The third kappa shape index (κ3) is 2.95. The van der Waals surface area contributed by atoms with Crippen molar-refractivity contribution in [3.05, 3.63) is 48.2 Å². The first-order valence-corrected chi connectivity index (χ1v) is 5.30. The molecule has 0 spiro atoms. The number of methoxy groups -OCH3 is 1. The van der Waals surface area contributed by atoms with E-state index in [0.717, 1.165) is 11.4 Å². The van der Waals surface area contributed by atoms with E-state index in [9.17, 15) is 0 Å². The second kappa shape index (κ2) is 5.32. The van der Waals surface area contributed by atoms with Crippen LogP contribution in [0, 0.1) is 0 Å². The van der Waals surface area contributed by atoms with Gasteiger partial charge in [-0.1, -0.05) is 12.1 Å². The van der Waals surface area contributed by atoms with Crippen LogP contribution in [0.4, 0.5) is 0 Å². The van der Waals surface area contributed by atoms with Crippen molar-refractivity contribution in [3.8, 4) is 17.4 Å². The molecule has 1 heterocycles. The van der Waals surface area contributed by atoms with Gasteiger partial charge in [0.25, 0.3) is 0 Å². The number of hydrogen-bond donors (Lipinski definition) is 1. The monoisotopic (exact) mass is 230 g/mol. The van der Waals surface area contributed by atoms with Gasteiger partial charge >= 0.3 is 0 Å². The van der Waals surface area contributed by atoms with Gasteiger partial charge in [0.1, 0.15) is 11.5 Å². The van der Waals surface area contributed by atoms with Gasteiger partial charge in [-0.3, -0.25) is 0 Å². The van der Waals surface area contributed by atoms with Crippen molar-refractivity contribution in [3.63, 3.8) is 0 Å². The molecule has 0 aliphatic rings. The first-order valence-electron chi connectivity index (χ1n) is 5.30. The molecule has 2 aromatic rings. The summed E-state index contributed by atoms with van der Waals surface area (Å²) in [6.45, 7) is 0.398. The van der Waals surface area contributed by atoms with Crippen LogP contribution in [-0.2, 0) is 6.54 Å². The molecule has 0 radical (unpaired) electrons. The number of nitrogens with zero attached hydrogens (tertiary/aromatic N) is 1. The van der Waals surface area contributed by atoms with Gasteiger partial charge in [-0.05, 0) is 18.2 Å². The Morgan fingerprint density at radius 1 is 1.12 bits per heavy atom. The van der Waals surface area contributed by atoms with Gasteiger partial charge in [-0.2, -0.15) is 0 Å². The Labute approximate surface area is 100 Å². The molecule has 1 aromatic heterocycles. The van der Waals surface area contributed by atoms with Crippen LogP contribution in [0.25, 0.3) is 0 Å². The zero-order valence-corrected chi connectivity index (χ0v) is 9.59. The topological polar surface area (TPSA) is 57.4 Å². The Morgan fingerprint density at radius 3 is 2.65 bits per heavy atom. The summed E-state index contributed by atoms with van der Waals surface area (Å²) in [6, 6.07) is 12.9. The summed E-state index contributed by atoms with van der Waals surface area (Å²) in [5.41, 5.74) is 6.32. The Bertz CT molecular complexity index is 455. The molecule has 0 aliphatic carbocycles. The number of benzene rings is 1. The average Bonchev–Trinajstić information content (AvgIpc) is 2.39. The molecule has 1 aromatic carbocycles. The molecule has 0 fully saturated rings. The fourth-order valence-electron chi connectivity index (χ4n) is 1.41. The molecule has 0 saturated heterocycles. The SMILES string of the molecule is COc1cccc(Oc2cccc(CN)n2)c1. The molecule has 0 amide bonds. The van der Waals surface area contributed by atoms with Crippen molar-refractivity contribution < 1.29 is 9.47 Å². The molecule has 0 bridgehead atoms. The fraction of sp³-hybridized carbons (Fsp3) is 0.154. The van der Waals surface area contributed by atoms with E-state index in [2.05, 4.69) is 4.98 Å². The number of pyridine rings is 1. The van der Waals surface area contributed by atoms with Gasteiger partial charge in [0.15, 0.2) is 0 Å². The van der Waals surface area contributed by atoms with E-state index in [0.29, 0.717) is 18.2 Å². The average molecular weight is 230 g/mol. The maximum absolute atomic E-state index is 5.62. The van der Waals surface area contributed by atoms with Crippen molar-refractivity contribution in [2.24, 2.45) is 5.73 Å². The van der Waals surface area contributed by atoms with Crippen molar-refractivity contribution in [2.75, 3.05) is 7.11 Å². The van der Waals surface area contributed by atoms with Crippen molar-refractivity contribution in [1.82, 2.24) is 4.98 Å². The highest BCUT2D eigenvalue weighted by Crippen LogP contribution is 2.23. The minimum atomic E-state index is 0.398. The summed E-state index contributed by atoms with van der Waals surface area (Å²) in [4.78, 5) is 4.25.